The molecule has 0 spiro atoms. The summed E-state index contributed by atoms with van der Waals surface area (Å²) >= 11 is 0. The van der Waals surface area contributed by atoms with E-state index in [1.165, 1.54) is 0 Å². The SMILES string of the molecule is CCn1nc(C(=O)NCC(=O)Nc2ccc(F)c(F)c2F)c2ccccc2c1=O. The molecule has 2 amide bonds. The molecule has 0 radical (unpaired) electrons. The minimum absolute atomic E-state index is 0.0612. The van der Waals surface area contributed by atoms with E-state index < -0.39 is 41.5 Å². The summed E-state index contributed by atoms with van der Waals surface area (Å²) < 4.78 is 40.9. The first-order valence-corrected chi connectivity index (χ1v) is 8.55. The Kier molecular flexibility index (Phi) is 5.62. The van der Waals surface area contributed by atoms with Gasteiger partial charge in [-0.1, -0.05) is 18.2 Å². The number of hydrogen-bond donors (Lipinski definition) is 2. The van der Waals surface area contributed by atoms with E-state index in [9.17, 15) is 27.6 Å². The standard InChI is InChI=1S/C19H15F3N4O3/c1-2-26-19(29)11-6-4-3-5-10(11)17(25-26)18(28)23-9-14(27)24-13-8-7-12(20)15(21)16(13)22/h3-8H,2,9H2,1H3,(H,23,28)(H,24,27). The van der Waals surface area contributed by atoms with Crippen molar-refractivity contribution < 1.29 is 22.8 Å². The molecule has 0 saturated heterocycles. The monoisotopic (exact) mass is 404 g/mol. The molecule has 29 heavy (non-hydrogen) atoms. The third-order valence-electron chi connectivity index (χ3n) is 4.10. The van der Waals surface area contributed by atoms with Crippen molar-refractivity contribution in [2.75, 3.05) is 11.9 Å². The summed E-state index contributed by atoms with van der Waals surface area (Å²) in [6.45, 7) is 1.34. The Bertz CT molecular complexity index is 1180. The fraction of sp³-hybridized carbons (Fsp3) is 0.158. The van der Waals surface area contributed by atoms with E-state index >= 15 is 0 Å². The van der Waals surface area contributed by atoms with E-state index in [1.807, 2.05) is 5.32 Å². The number of nitrogens with one attached hydrogen (secondary N) is 2. The predicted octanol–water partition coefficient (Wildman–Crippen LogP) is 2.20. The third-order valence-corrected chi connectivity index (χ3v) is 4.10. The molecule has 1 heterocycles. The normalized spacial score (nSPS) is 10.8. The highest BCUT2D eigenvalue weighted by molar-refractivity contribution is 6.06. The number of aromatic nitrogens is 2. The Morgan fingerprint density at radius 2 is 1.72 bits per heavy atom. The first kappa shape index (κ1) is 20.1. The van der Waals surface area contributed by atoms with Gasteiger partial charge in [0.05, 0.1) is 17.6 Å². The van der Waals surface area contributed by atoms with Crippen LogP contribution in [0, 0.1) is 17.5 Å². The molecule has 0 fully saturated rings. The van der Waals surface area contributed by atoms with Crippen LogP contribution in [0.2, 0.25) is 0 Å². The van der Waals surface area contributed by atoms with Crippen LogP contribution >= 0.6 is 0 Å². The van der Waals surface area contributed by atoms with Crippen molar-refractivity contribution in [2.45, 2.75) is 13.5 Å². The molecule has 1 aromatic heterocycles. The van der Waals surface area contributed by atoms with Crippen molar-refractivity contribution in [2.24, 2.45) is 0 Å². The second-order valence-corrected chi connectivity index (χ2v) is 5.97. The van der Waals surface area contributed by atoms with Gasteiger partial charge in [0.25, 0.3) is 11.5 Å². The van der Waals surface area contributed by atoms with Crippen molar-refractivity contribution in [1.82, 2.24) is 15.1 Å². The molecule has 150 valence electrons. The van der Waals surface area contributed by atoms with E-state index in [0.29, 0.717) is 16.8 Å². The zero-order chi connectivity index (χ0) is 21.1. The number of rotatable bonds is 5. The minimum Gasteiger partial charge on any atom is -0.342 e. The molecule has 0 unspecified atom stereocenters. The van der Waals surface area contributed by atoms with Crippen LogP contribution in [0.1, 0.15) is 17.4 Å². The van der Waals surface area contributed by atoms with Gasteiger partial charge in [-0.3, -0.25) is 14.4 Å². The molecule has 0 aliphatic heterocycles. The van der Waals surface area contributed by atoms with Gasteiger partial charge in [-0.05, 0) is 25.1 Å². The van der Waals surface area contributed by atoms with Crippen LogP contribution in [0.25, 0.3) is 10.8 Å². The van der Waals surface area contributed by atoms with Crippen molar-refractivity contribution in [3.8, 4) is 0 Å². The van der Waals surface area contributed by atoms with Gasteiger partial charge < -0.3 is 10.6 Å². The number of aryl methyl sites for hydroxylation is 1. The van der Waals surface area contributed by atoms with Gasteiger partial charge in [0, 0.05) is 11.9 Å². The first-order chi connectivity index (χ1) is 13.8. The number of amides is 2. The topological polar surface area (TPSA) is 93.1 Å². The largest absolute Gasteiger partial charge is 0.342 e. The van der Waals surface area contributed by atoms with E-state index in [1.54, 1.807) is 31.2 Å². The molecule has 2 N–H and O–H groups in total. The highest BCUT2D eigenvalue weighted by Crippen LogP contribution is 2.19. The number of anilines is 1. The lowest BCUT2D eigenvalue weighted by molar-refractivity contribution is -0.115. The Balaban J connectivity index is 1.78. The Morgan fingerprint density at radius 3 is 2.41 bits per heavy atom. The van der Waals surface area contributed by atoms with E-state index in [2.05, 4.69) is 10.4 Å². The first-order valence-electron chi connectivity index (χ1n) is 8.55. The Labute approximate surface area is 162 Å². The van der Waals surface area contributed by atoms with Gasteiger partial charge >= 0.3 is 0 Å². The van der Waals surface area contributed by atoms with Crippen LogP contribution in [0.3, 0.4) is 0 Å². The molecule has 0 aliphatic rings. The van der Waals surface area contributed by atoms with Crippen LogP contribution in [-0.4, -0.2) is 28.1 Å². The Hall–Kier alpha value is -3.69. The van der Waals surface area contributed by atoms with Gasteiger partial charge in [-0.15, -0.1) is 0 Å². The lowest BCUT2D eigenvalue weighted by atomic mass is 10.1. The molecule has 3 rings (SSSR count). The van der Waals surface area contributed by atoms with Crippen LogP contribution in [-0.2, 0) is 11.3 Å². The average molecular weight is 404 g/mol. The van der Waals surface area contributed by atoms with Gasteiger partial charge in [0.2, 0.25) is 5.91 Å². The van der Waals surface area contributed by atoms with E-state index in [-0.39, 0.29) is 17.8 Å². The maximum atomic E-state index is 13.6. The number of carbonyl (C=O) groups excluding carboxylic acids is 2. The zero-order valence-electron chi connectivity index (χ0n) is 15.1. The van der Waals surface area contributed by atoms with Gasteiger partial charge in [0.15, 0.2) is 23.1 Å². The fourth-order valence-corrected chi connectivity index (χ4v) is 2.68. The molecule has 10 heteroatoms. The summed E-state index contributed by atoms with van der Waals surface area (Å²) in [4.78, 5) is 36.8. The van der Waals surface area contributed by atoms with E-state index in [4.69, 9.17) is 0 Å². The third kappa shape index (κ3) is 3.96. The zero-order valence-corrected chi connectivity index (χ0v) is 15.1. The number of halogens is 3. The highest BCUT2D eigenvalue weighted by atomic mass is 19.2. The molecule has 0 atom stereocenters. The maximum absolute atomic E-state index is 13.6. The predicted molar refractivity (Wildman–Crippen MR) is 99.0 cm³/mol. The average Bonchev–Trinajstić information content (AvgIpc) is 2.73. The summed E-state index contributed by atoms with van der Waals surface area (Å²) in [6, 6.07) is 7.91. The number of carbonyl (C=O) groups is 2. The van der Waals surface area contributed by atoms with Crippen molar-refractivity contribution >= 4 is 28.3 Å². The quantitative estimate of drug-likeness (QED) is 0.638. The molecule has 3 aromatic rings. The Morgan fingerprint density at radius 1 is 1.03 bits per heavy atom. The van der Waals surface area contributed by atoms with Gasteiger partial charge in [-0.2, -0.15) is 5.10 Å². The number of fused-ring (bicyclic) bond motifs is 1. The smallest absolute Gasteiger partial charge is 0.274 e. The number of benzene rings is 2. The number of hydrogen-bond acceptors (Lipinski definition) is 4. The molecular formula is C19H15F3N4O3. The molecule has 0 aliphatic carbocycles. The number of nitrogens with zero attached hydrogens (tertiary/aromatic N) is 2. The molecule has 0 bridgehead atoms. The molecule has 2 aromatic carbocycles. The summed E-state index contributed by atoms with van der Waals surface area (Å²) in [5.41, 5.74) is -0.980. The maximum Gasteiger partial charge on any atom is 0.274 e. The van der Waals surface area contributed by atoms with Crippen molar-refractivity contribution in [1.29, 1.82) is 0 Å². The minimum atomic E-state index is -1.72. The van der Waals surface area contributed by atoms with Crippen LogP contribution < -0.4 is 16.2 Å². The van der Waals surface area contributed by atoms with Gasteiger partial charge in [0.1, 0.15) is 0 Å². The van der Waals surface area contributed by atoms with Crippen LogP contribution in [0.5, 0.6) is 0 Å². The van der Waals surface area contributed by atoms with Crippen LogP contribution in [0.15, 0.2) is 41.2 Å². The lowest BCUT2D eigenvalue weighted by Crippen LogP contribution is -2.35. The second-order valence-electron chi connectivity index (χ2n) is 5.97. The van der Waals surface area contributed by atoms with Crippen molar-refractivity contribution in [3.63, 3.8) is 0 Å². The van der Waals surface area contributed by atoms with Gasteiger partial charge in [-0.25, -0.2) is 17.9 Å². The lowest BCUT2D eigenvalue weighted by Gasteiger charge is -2.11. The molecule has 7 nitrogen and oxygen atoms in total. The summed E-state index contributed by atoms with van der Waals surface area (Å²) in [5.74, 6) is -6.25. The summed E-state index contributed by atoms with van der Waals surface area (Å²) in [5, 5.41) is 8.98. The molecular weight excluding hydrogens is 389 g/mol. The molecule has 0 saturated carbocycles. The van der Waals surface area contributed by atoms with E-state index in [0.717, 1.165) is 10.7 Å². The second kappa shape index (κ2) is 8.13. The summed E-state index contributed by atoms with van der Waals surface area (Å²) in [6.07, 6.45) is 0. The summed E-state index contributed by atoms with van der Waals surface area (Å²) in [7, 11) is 0. The highest BCUT2D eigenvalue weighted by Gasteiger charge is 2.18. The van der Waals surface area contributed by atoms with Crippen molar-refractivity contribution in [3.05, 3.63) is 69.9 Å². The van der Waals surface area contributed by atoms with Crippen LogP contribution in [0.4, 0.5) is 18.9 Å². The fourth-order valence-electron chi connectivity index (χ4n) is 2.68.